The van der Waals surface area contributed by atoms with Crippen LogP contribution in [0.25, 0.3) is 0 Å². The van der Waals surface area contributed by atoms with E-state index in [0.717, 1.165) is 25.0 Å². The van der Waals surface area contributed by atoms with Gasteiger partial charge in [-0.25, -0.2) is 0 Å². The Morgan fingerprint density at radius 3 is 3.00 bits per heavy atom. The summed E-state index contributed by atoms with van der Waals surface area (Å²) in [6, 6.07) is 12.2. The molecule has 1 atom stereocenters. The van der Waals surface area contributed by atoms with Crippen LogP contribution in [0.3, 0.4) is 0 Å². The molecule has 0 aliphatic carbocycles. The maximum atomic E-state index is 11.8. The molecule has 0 saturated heterocycles. The standard InChI is InChI=1S/C17H19NO2S/c19-17(9-3-6-15-7-4-10-21-15)18-12-14-11-13-5-1-2-8-16(13)20-14/h1-2,4-5,7-8,10,14H,3,6,9,11-12H2,(H,18,19). The zero-order valence-corrected chi connectivity index (χ0v) is 12.7. The van der Waals surface area contributed by atoms with Gasteiger partial charge in [0, 0.05) is 17.7 Å². The second kappa shape index (κ2) is 6.76. The minimum atomic E-state index is 0.0728. The topological polar surface area (TPSA) is 38.3 Å². The van der Waals surface area contributed by atoms with Gasteiger partial charge in [0.05, 0.1) is 6.54 Å². The average molecular weight is 301 g/mol. The van der Waals surface area contributed by atoms with Crippen LogP contribution in [0.4, 0.5) is 0 Å². The Bertz CT molecular complexity index is 570. The van der Waals surface area contributed by atoms with E-state index in [1.807, 2.05) is 18.2 Å². The fourth-order valence-corrected chi connectivity index (χ4v) is 3.31. The van der Waals surface area contributed by atoms with Crippen molar-refractivity contribution in [1.29, 1.82) is 0 Å². The largest absolute Gasteiger partial charge is 0.488 e. The fourth-order valence-electron chi connectivity index (χ4n) is 2.56. The summed E-state index contributed by atoms with van der Waals surface area (Å²) in [6.45, 7) is 0.590. The highest BCUT2D eigenvalue weighted by Gasteiger charge is 2.22. The summed E-state index contributed by atoms with van der Waals surface area (Å²) in [4.78, 5) is 13.2. The van der Waals surface area contributed by atoms with E-state index in [1.165, 1.54) is 10.4 Å². The molecule has 2 aromatic rings. The van der Waals surface area contributed by atoms with Crippen LogP contribution in [-0.2, 0) is 17.6 Å². The molecule has 0 fully saturated rings. The molecule has 0 spiro atoms. The summed E-state index contributed by atoms with van der Waals surface area (Å²) in [6.07, 6.45) is 3.42. The first-order valence-electron chi connectivity index (χ1n) is 7.35. The predicted molar refractivity (Wildman–Crippen MR) is 84.8 cm³/mol. The third kappa shape index (κ3) is 3.85. The van der Waals surface area contributed by atoms with Crippen molar-refractivity contribution in [2.45, 2.75) is 31.8 Å². The van der Waals surface area contributed by atoms with Gasteiger partial charge in [0.25, 0.3) is 0 Å². The van der Waals surface area contributed by atoms with Crippen LogP contribution in [0.2, 0.25) is 0 Å². The minimum Gasteiger partial charge on any atom is -0.488 e. The van der Waals surface area contributed by atoms with Gasteiger partial charge < -0.3 is 10.1 Å². The Kier molecular flexibility index (Phi) is 4.55. The van der Waals surface area contributed by atoms with Crippen molar-refractivity contribution in [3.8, 4) is 5.75 Å². The Balaban J connectivity index is 1.35. The van der Waals surface area contributed by atoms with E-state index in [9.17, 15) is 4.79 Å². The molecule has 1 N–H and O–H groups in total. The van der Waals surface area contributed by atoms with Gasteiger partial charge in [-0.15, -0.1) is 11.3 Å². The van der Waals surface area contributed by atoms with Crippen LogP contribution in [-0.4, -0.2) is 18.6 Å². The van der Waals surface area contributed by atoms with Crippen LogP contribution in [0.5, 0.6) is 5.75 Å². The van der Waals surface area contributed by atoms with Crippen LogP contribution >= 0.6 is 11.3 Å². The smallest absolute Gasteiger partial charge is 0.220 e. The number of aryl methyl sites for hydroxylation is 1. The van der Waals surface area contributed by atoms with E-state index in [1.54, 1.807) is 11.3 Å². The van der Waals surface area contributed by atoms with Gasteiger partial charge in [0.2, 0.25) is 5.91 Å². The second-order valence-corrected chi connectivity index (χ2v) is 6.32. The van der Waals surface area contributed by atoms with E-state index in [0.29, 0.717) is 13.0 Å². The van der Waals surface area contributed by atoms with Crippen molar-refractivity contribution in [1.82, 2.24) is 5.32 Å². The number of amides is 1. The van der Waals surface area contributed by atoms with Crippen LogP contribution < -0.4 is 10.1 Å². The molecule has 4 heteroatoms. The van der Waals surface area contributed by atoms with Gasteiger partial charge in [0.15, 0.2) is 0 Å². The van der Waals surface area contributed by atoms with E-state index >= 15 is 0 Å². The molecule has 21 heavy (non-hydrogen) atoms. The zero-order valence-electron chi connectivity index (χ0n) is 11.9. The molecule has 0 radical (unpaired) electrons. The highest BCUT2D eigenvalue weighted by molar-refractivity contribution is 7.09. The Morgan fingerprint density at radius 1 is 1.29 bits per heavy atom. The molecule has 2 heterocycles. The number of rotatable bonds is 6. The average Bonchev–Trinajstić information content (AvgIpc) is 3.13. The van der Waals surface area contributed by atoms with Crippen LogP contribution in [0, 0.1) is 0 Å². The number of nitrogens with one attached hydrogen (secondary N) is 1. The molecule has 0 saturated carbocycles. The highest BCUT2D eigenvalue weighted by Crippen LogP contribution is 2.27. The van der Waals surface area contributed by atoms with Crippen molar-refractivity contribution >= 4 is 17.2 Å². The summed E-state index contributed by atoms with van der Waals surface area (Å²) >= 11 is 1.75. The highest BCUT2D eigenvalue weighted by atomic mass is 32.1. The number of hydrogen-bond acceptors (Lipinski definition) is 3. The molecule has 1 aromatic carbocycles. The third-order valence-electron chi connectivity index (χ3n) is 3.65. The molecule has 1 aliphatic rings. The van der Waals surface area contributed by atoms with Gasteiger partial charge in [-0.1, -0.05) is 24.3 Å². The Labute approximate surface area is 129 Å². The summed E-state index contributed by atoms with van der Waals surface area (Å²) in [7, 11) is 0. The SMILES string of the molecule is O=C(CCCc1cccs1)NCC1Cc2ccccc2O1. The van der Waals surface area contributed by atoms with E-state index in [-0.39, 0.29) is 12.0 Å². The normalized spacial score (nSPS) is 16.3. The number of thiophene rings is 1. The van der Waals surface area contributed by atoms with Gasteiger partial charge in [-0.05, 0) is 35.9 Å². The number of ether oxygens (including phenoxy) is 1. The summed E-state index contributed by atoms with van der Waals surface area (Å²) in [5.74, 6) is 1.07. The Hall–Kier alpha value is -1.81. The number of carbonyl (C=O) groups is 1. The Morgan fingerprint density at radius 2 is 2.19 bits per heavy atom. The van der Waals surface area contributed by atoms with Gasteiger partial charge in [0.1, 0.15) is 11.9 Å². The number of benzene rings is 1. The quantitative estimate of drug-likeness (QED) is 0.890. The lowest BCUT2D eigenvalue weighted by molar-refractivity contribution is -0.121. The summed E-state index contributed by atoms with van der Waals surface area (Å²) in [5.41, 5.74) is 1.23. The number of para-hydroxylation sites is 1. The van der Waals surface area contributed by atoms with Gasteiger partial charge in [-0.2, -0.15) is 0 Å². The second-order valence-electron chi connectivity index (χ2n) is 5.29. The lowest BCUT2D eigenvalue weighted by Crippen LogP contribution is -2.34. The molecule has 1 aromatic heterocycles. The summed E-state index contributed by atoms with van der Waals surface area (Å²) in [5, 5.41) is 5.05. The molecule has 0 bridgehead atoms. The molecule has 1 unspecified atom stereocenters. The maximum absolute atomic E-state index is 11.8. The number of carbonyl (C=O) groups excluding carboxylic acids is 1. The fraction of sp³-hybridized carbons (Fsp3) is 0.353. The van der Waals surface area contributed by atoms with Crippen molar-refractivity contribution in [2.24, 2.45) is 0 Å². The van der Waals surface area contributed by atoms with Crippen molar-refractivity contribution in [3.05, 3.63) is 52.2 Å². The zero-order chi connectivity index (χ0) is 14.5. The summed E-state index contributed by atoms with van der Waals surface area (Å²) < 4.78 is 5.81. The molecule has 1 amide bonds. The molecule has 3 nitrogen and oxygen atoms in total. The van der Waals surface area contributed by atoms with Crippen molar-refractivity contribution in [3.63, 3.8) is 0 Å². The van der Waals surface area contributed by atoms with Crippen LogP contribution in [0.1, 0.15) is 23.3 Å². The van der Waals surface area contributed by atoms with Crippen molar-refractivity contribution in [2.75, 3.05) is 6.54 Å². The predicted octanol–water partition coefficient (Wildman–Crippen LogP) is 3.19. The van der Waals surface area contributed by atoms with Crippen LogP contribution in [0.15, 0.2) is 41.8 Å². The first-order valence-corrected chi connectivity index (χ1v) is 8.23. The molecule has 3 rings (SSSR count). The maximum Gasteiger partial charge on any atom is 0.220 e. The molecular formula is C17H19NO2S. The minimum absolute atomic E-state index is 0.0728. The van der Waals surface area contributed by atoms with E-state index in [4.69, 9.17) is 4.74 Å². The van der Waals surface area contributed by atoms with E-state index < -0.39 is 0 Å². The van der Waals surface area contributed by atoms with E-state index in [2.05, 4.69) is 28.9 Å². The van der Waals surface area contributed by atoms with Gasteiger partial charge >= 0.3 is 0 Å². The lowest BCUT2D eigenvalue weighted by Gasteiger charge is -2.11. The molecular weight excluding hydrogens is 282 g/mol. The van der Waals surface area contributed by atoms with Gasteiger partial charge in [-0.3, -0.25) is 4.79 Å². The monoisotopic (exact) mass is 301 g/mol. The number of hydrogen-bond donors (Lipinski definition) is 1. The third-order valence-corrected chi connectivity index (χ3v) is 4.58. The molecule has 110 valence electrons. The first kappa shape index (κ1) is 14.1. The number of fused-ring (bicyclic) bond motifs is 1. The van der Waals surface area contributed by atoms with Crippen molar-refractivity contribution < 1.29 is 9.53 Å². The first-order chi connectivity index (χ1) is 10.3. The lowest BCUT2D eigenvalue weighted by atomic mass is 10.1. The molecule has 1 aliphatic heterocycles.